The van der Waals surface area contributed by atoms with Crippen molar-refractivity contribution in [3.63, 3.8) is 0 Å². The SMILES string of the molecule is C=C1CNCCN=C2NC(=NC(OCC(F)(F)F)N2)Nc2cccc(c2)CNC1. The van der Waals surface area contributed by atoms with Gasteiger partial charge in [-0.2, -0.15) is 18.2 Å². The number of hydrogen-bond acceptors (Lipinski definition) is 8. The van der Waals surface area contributed by atoms with Gasteiger partial charge in [0.2, 0.25) is 18.3 Å². The van der Waals surface area contributed by atoms with Crippen LogP contribution in [0.1, 0.15) is 5.56 Å². The van der Waals surface area contributed by atoms with Gasteiger partial charge in [0.15, 0.2) is 0 Å². The average Bonchev–Trinajstić information content (AvgIpc) is 2.65. The third-order valence-corrected chi connectivity index (χ3v) is 3.98. The molecule has 1 unspecified atom stereocenters. The molecule has 0 spiro atoms. The zero-order valence-corrected chi connectivity index (χ0v) is 15.8. The van der Waals surface area contributed by atoms with Crippen molar-refractivity contribution < 1.29 is 17.9 Å². The molecule has 4 bridgehead atoms. The lowest BCUT2D eigenvalue weighted by Crippen LogP contribution is -2.54. The normalized spacial score (nSPS) is 21.2. The van der Waals surface area contributed by atoms with E-state index in [1.807, 2.05) is 24.3 Å². The van der Waals surface area contributed by atoms with E-state index in [9.17, 15) is 13.2 Å². The number of nitrogens with zero attached hydrogens (tertiary/aromatic N) is 2. The Bertz CT molecular complexity index is 779. The summed E-state index contributed by atoms with van der Waals surface area (Å²) < 4.78 is 42.4. The van der Waals surface area contributed by atoms with Crippen LogP contribution in [0, 0.1) is 0 Å². The molecule has 29 heavy (non-hydrogen) atoms. The molecule has 11 heteroatoms. The minimum atomic E-state index is -4.45. The highest BCUT2D eigenvalue weighted by Crippen LogP contribution is 2.16. The fourth-order valence-electron chi connectivity index (χ4n) is 2.70. The highest BCUT2D eigenvalue weighted by Gasteiger charge is 2.30. The van der Waals surface area contributed by atoms with E-state index >= 15 is 0 Å². The van der Waals surface area contributed by atoms with Gasteiger partial charge in [0, 0.05) is 31.9 Å². The minimum Gasteiger partial charge on any atom is -0.330 e. The van der Waals surface area contributed by atoms with E-state index in [1.54, 1.807) is 0 Å². The lowest BCUT2D eigenvalue weighted by molar-refractivity contribution is -0.186. The third-order valence-electron chi connectivity index (χ3n) is 3.98. The molecule has 0 saturated heterocycles. The largest absolute Gasteiger partial charge is 0.411 e. The quantitative estimate of drug-likeness (QED) is 0.469. The number of alkyl halides is 3. The van der Waals surface area contributed by atoms with Crippen molar-refractivity contribution in [3.05, 3.63) is 42.0 Å². The van der Waals surface area contributed by atoms with Gasteiger partial charge in [-0.05, 0) is 23.3 Å². The highest BCUT2D eigenvalue weighted by molar-refractivity contribution is 6.06. The van der Waals surface area contributed by atoms with E-state index < -0.39 is 19.1 Å². The second-order valence-electron chi connectivity index (χ2n) is 6.61. The third kappa shape index (κ3) is 7.37. The van der Waals surface area contributed by atoms with Crippen molar-refractivity contribution in [1.82, 2.24) is 21.3 Å². The van der Waals surface area contributed by atoms with Crippen LogP contribution in [0.5, 0.6) is 0 Å². The molecule has 2 aliphatic heterocycles. The van der Waals surface area contributed by atoms with E-state index in [-0.39, 0.29) is 11.9 Å². The number of benzene rings is 1. The van der Waals surface area contributed by atoms with E-state index in [0.29, 0.717) is 32.7 Å². The summed E-state index contributed by atoms with van der Waals surface area (Å²) in [6, 6.07) is 7.62. The number of aliphatic imine (C=N–C) groups is 2. The molecule has 158 valence electrons. The maximum Gasteiger partial charge on any atom is 0.411 e. The van der Waals surface area contributed by atoms with Gasteiger partial charge in [-0.15, -0.1) is 0 Å². The molecule has 8 nitrogen and oxygen atoms in total. The highest BCUT2D eigenvalue weighted by atomic mass is 19.4. The second-order valence-corrected chi connectivity index (χ2v) is 6.61. The van der Waals surface area contributed by atoms with Gasteiger partial charge in [-0.25, -0.2) is 0 Å². The first-order valence-corrected chi connectivity index (χ1v) is 9.15. The predicted molar refractivity (Wildman–Crippen MR) is 106 cm³/mol. The summed E-state index contributed by atoms with van der Waals surface area (Å²) >= 11 is 0. The summed E-state index contributed by atoms with van der Waals surface area (Å²) in [7, 11) is 0. The Balaban J connectivity index is 1.78. The Hall–Kier alpha value is -2.63. The molecule has 1 atom stereocenters. The first-order valence-electron chi connectivity index (χ1n) is 9.15. The molecule has 1 aromatic rings. The van der Waals surface area contributed by atoms with Gasteiger partial charge in [-0.3, -0.25) is 10.3 Å². The lowest BCUT2D eigenvalue weighted by atomic mass is 10.2. The Kier molecular flexibility index (Phi) is 7.07. The molecular weight excluding hydrogens is 387 g/mol. The van der Waals surface area contributed by atoms with Crippen molar-refractivity contribution in [2.24, 2.45) is 9.98 Å². The van der Waals surface area contributed by atoms with E-state index in [0.717, 1.165) is 16.8 Å². The van der Waals surface area contributed by atoms with Gasteiger partial charge in [0.1, 0.15) is 6.61 Å². The molecule has 2 aliphatic rings. The Labute approximate surface area is 166 Å². The average molecular weight is 411 g/mol. The van der Waals surface area contributed by atoms with Crippen LogP contribution < -0.4 is 26.6 Å². The van der Waals surface area contributed by atoms with Crippen molar-refractivity contribution in [2.45, 2.75) is 19.1 Å². The lowest BCUT2D eigenvalue weighted by Gasteiger charge is -2.26. The number of ether oxygens (including phenoxy) is 1. The number of rotatable bonds is 2. The molecule has 0 saturated carbocycles. The Morgan fingerprint density at radius 1 is 1.10 bits per heavy atom. The second kappa shape index (κ2) is 9.72. The zero-order chi connectivity index (χ0) is 20.7. The Morgan fingerprint density at radius 2 is 1.93 bits per heavy atom. The number of hydrogen-bond donors (Lipinski definition) is 5. The van der Waals surface area contributed by atoms with Crippen molar-refractivity contribution >= 4 is 17.6 Å². The molecule has 0 fully saturated rings. The maximum atomic E-state index is 12.5. The summed E-state index contributed by atoms with van der Waals surface area (Å²) in [5.41, 5.74) is 2.79. The van der Waals surface area contributed by atoms with Crippen LogP contribution in [0.3, 0.4) is 0 Å². The zero-order valence-electron chi connectivity index (χ0n) is 15.8. The van der Waals surface area contributed by atoms with Crippen LogP contribution in [-0.4, -0.2) is 57.2 Å². The van der Waals surface area contributed by atoms with Crippen molar-refractivity contribution in [1.29, 1.82) is 0 Å². The minimum absolute atomic E-state index is 0.244. The molecule has 1 aromatic carbocycles. The van der Waals surface area contributed by atoms with Gasteiger partial charge in [0.25, 0.3) is 0 Å². The van der Waals surface area contributed by atoms with Gasteiger partial charge < -0.3 is 26.0 Å². The summed E-state index contributed by atoms with van der Waals surface area (Å²) in [6.45, 7) is 5.58. The fourth-order valence-corrected chi connectivity index (χ4v) is 2.70. The molecule has 0 aromatic heterocycles. The first-order chi connectivity index (χ1) is 13.9. The first kappa shape index (κ1) is 21.1. The maximum absolute atomic E-state index is 12.5. The van der Waals surface area contributed by atoms with E-state index in [4.69, 9.17) is 4.74 Å². The monoisotopic (exact) mass is 411 g/mol. The number of guanidine groups is 2. The van der Waals surface area contributed by atoms with Gasteiger partial charge >= 0.3 is 6.18 Å². The Morgan fingerprint density at radius 3 is 2.76 bits per heavy atom. The fraction of sp³-hybridized carbons (Fsp3) is 0.444. The number of fused-ring (bicyclic) bond motifs is 4. The molecule has 0 aliphatic carbocycles. The van der Waals surface area contributed by atoms with Crippen LogP contribution in [0.4, 0.5) is 18.9 Å². The summed E-state index contributed by atoms with van der Waals surface area (Å²) in [5.74, 6) is 0.522. The molecular formula is C18H24F3N7O. The van der Waals surface area contributed by atoms with E-state index in [2.05, 4.69) is 43.1 Å². The van der Waals surface area contributed by atoms with Crippen LogP contribution in [0.15, 0.2) is 46.4 Å². The standard InChI is InChI=1S/C18H24F3N7O/c1-12-8-22-5-6-24-15-26-16(28-17(27-15)29-11-18(19,20)21)25-14-4-2-3-13(7-14)10-23-9-12/h2-4,7,17,22-23H,1,5-6,8-11H2,(H3,24,25,26,27,28). The van der Waals surface area contributed by atoms with Crippen molar-refractivity contribution in [2.75, 3.05) is 38.1 Å². The summed E-state index contributed by atoms with van der Waals surface area (Å²) in [6.07, 6.45) is -5.66. The van der Waals surface area contributed by atoms with Gasteiger partial charge in [0.05, 0.1) is 6.54 Å². The van der Waals surface area contributed by atoms with Crippen LogP contribution in [-0.2, 0) is 11.3 Å². The number of nitrogens with one attached hydrogen (secondary N) is 5. The number of anilines is 1. The summed E-state index contributed by atoms with van der Waals surface area (Å²) in [4.78, 5) is 8.44. The van der Waals surface area contributed by atoms with Gasteiger partial charge in [-0.1, -0.05) is 18.7 Å². The topological polar surface area (TPSA) is 94.1 Å². The van der Waals surface area contributed by atoms with Crippen LogP contribution in [0.25, 0.3) is 0 Å². The molecule has 2 heterocycles. The number of halogens is 3. The molecule has 0 amide bonds. The molecule has 5 N–H and O–H groups in total. The van der Waals surface area contributed by atoms with Crippen molar-refractivity contribution in [3.8, 4) is 0 Å². The van der Waals surface area contributed by atoms with Crippen LogP contribution in [0.2, 0.25) is 0 Å². The summed E-state index contributed by atoms with van der Waals surface area (Å²) in [5, 5.41) is 15.3. The molecule has 3 rings (SSSR count). The predicted octanol–water partition coefficient (Wildman–Crippen LogP) is 1.11. The van der Waals surface area contributed by atoms with E-state index in [1.165, 1.54) is 0 Å². The smallest absolute Gasteiger partial charge is 0.330 e. The molecule has 0 radical (unpaired) electrons. The van der Waals surface area contributed by atoms with Crippen LogP contribution >= 0.6 is 0 Å².